The van der Waals surface area contributed by atoms with Crippen molar-refractivity contribution in [3.05, 3.63) is 34.4 Å². The highest BCUT2D eigenvalue weighted by Gasteiger charge is 2.02. The van der Waals surface area contributed by atoms with Crippen molar-refractivity contribution in [2.24, 2.45) is 0 Å². The van der Waals surface area contributed by atoms with Gasteiger partial charge in [0, 0.05) is 19.8 Å². The second kappa shape index (κ2) is 9.11. The molecule has 0 aliphatic rings. The van der Waals surface area contributed by atoms with E-state index in [-0.39, 0.29) is 0 Å². The fourth-order valence-electron chi connectivity index (χ4n) is 2.35. The molecule has 0 unspecified atom stereocenters. The van der Waals surface area contributed by atoms with Crippen LogP contribution >= 0.6 is 0 Å². The van der Waals surface area contributed by atoms with Gasteiger partial charge in [-0.1, -0.05) is 31.0 Å². The Kier molecular flexibility index (Phi) is 7.76. The zero-order valence-corrected chi connectivity index (χ0v) is 13.0. The quantitative estimate of drug-likeness (QED) is 0.682. The molecule has 0 amide bonds. The van der Waals surface area contributed by atoms with Crippen molar-refractivity contribution < 1.29 is 4.74 Å². The molecule has 19 heavy (non-hydrogen) atoms. The molecule has 1 rings (SSSR count). The summed E-state index contributed by atoms with van der Waals surface area (Å²) in [6.07, 6.45) is 3.48. The summed E-state index contributed by atoms with van der Waals surface area (Å²) in [6.45, 7) is 12.5. The third kappa shape index (κ3) is 6.22. The lowest BCUT2D eigenvalue weighted by atomic mass is 10.00. The molecule has 0 aromatic heterocycles. The topological polar surface area (TPSA) is 21.3 Å². The Morgan fingerprint density at radius 1 is 1.00 bits per heavy atom. The maximum Gasteiger partial charge on any atom is 0.0478 e. The van der Waals surface area contributed by atoms with Gasteiger partial charge in [-0.3, -0.25) is 0 Å². The van der Waals surface area contributed by atoms with Crippen molar-refractivity contribution in [1.29, 1.82) is 0 Å². The number of ether oxygens (including phenoxy) is 1. The molecule has 1 aromatic rings. The van der Waals surface area contributed by atoms with E-state index in [4.69, 9.17) is 4.74 Å². The molecule has 0 heterocycles. The highest BCUT2D eigenvalue weighted by Crippen LogP contribution is 2.15. The van der Waals surface area contributed by atoms with E-state index in [2.05, 4.69) is 45.1 Å². The zero-order chi connectivity index (χ0) is 14.1. The molecular formula is C17H29NO. The van der Waals surface area contributed by atoms with Crippen molar-refractivity contribution in [3.8, 4) is 0 Å². The third-order valence-corrected chi connectivity index (χ3v) is 3.43. The van der Waals surface area contributed by atoms with Crippen LogP contribution in [0, 0.1) is 20.8 Å². The monoisotopic (exact) mass is 263 g/mol. The van der Waals surface area contributed by atoms with E-state index >= 15 is 0 Å². The zero-order valence-electron chi connectivity index (χ0n) is 13.0. The minimum absolute atomic E-state index is 0.874. The Balaban J connectivity index is 2.19. The average molecular weight is 263 g/mol. The molecule has 0 radical (unpaired) electrons. The van der Waals surface area contributed by atoms with Gasteiger partial charge >= 0.3 is 0 Å². The molecule has 0 saturated carbocycles. The Morgan fingerprint density at radius 2 is 1.63 bits per heavy atom. The molecule has 0 spiro atoms. The molecule has 1 N–H and O–H groups in total. The van der Waals surface area contributed by atoms with Crippen molar-refractivity contribution in [3.63, 3.8) is 0 Å². The second-order valence-electron chi connectivity index (χ2n) is 5.37. The van der Waals surface area contributed by atoms with Gasteiger partial charge in [0.15, 0.2) is 0 Å². The van der Waals surface area contributed by atoms with Crippen molar-refractivity contribution in [1.82, 2.24) is 5.32 Å². The van der Waals surface area contributed by atoms with E-state index in [9.17, 15) is 0 Å². The maximum atomic E-state index is 5.55. The number of unbranched alkanes of at least 4 members (excludes halogenated alkanes) is 1. The lowest BCUT2D eigenvalue weighted by Crippen LogP contribution is -2.18. The van der Waals surface area contributed by atoms with Gasteiger partial charge in [0.05, 0.1) is 0 Å². The van der Waals surface area contributed by atoms with E-state index in [1.165, 1.54) is 35.1 Å². The van der Waals surface area contributed by atoms with Crippen LogP contribution in [0.15, 0.2) is 12.1 Å². The molecule has 2 nitrogen and oxygen atoms in total. The molecule has 0 aliphatic carbocycles. The first kappa shape index (κ1) is 16.2. The summed E-state index contributed by atoms with van der Waals surface area (Å²) in [6, 6.07) is 4.52. The minimum Gasteiger partial charge on any atom is -0.381 e. The minimum atomic E-state index is 0.874. The summed E-state index contributed by atoms with van der Waals surface area (Å²) in [5.74, 6) is 0. The van der Waals surface area contributed by atoms with E-state index in [0.29, 0.717) is 0 Å². The van der Waals surface area contributed by atoms with Crippen LogP contribution in [0.1, 0.15) is 48.4 Å². The van der Waals surface area contributed by atoms with Gasteiger partial charge in [0.1, 0.15) is 0 Å². The van der Waals surface area contributed by atoms with Crippen molar-refractivity contribution >= 4 is 0 Å². The molecule has 1 aromatic carbocycles. The predicted molar refractivity (Wildman–Crippen MR) is 82.7 cm³/mol. The molecular weight excluding hydrogens is 234 g/mol. The predicted octanol–water partition coefficient (Wildman–Crippen LogP) is 3.91. The Morgan fingerprint density at radius 3 is 2.26 bits per heavy atom. The fourth-order valence-corrected chi connectivity index (χ4v) is 2.35. The van der Waals surface area contributed by atoms with E-state index in [1.807, 2.05) is 0 Å². The van der Waals surface area contributed by atoms with Crippen LogP contribution in [0.2, 0.25) is 0 Å². The number of rotatable bonds is 9. The summed E-state index contributed by atoms with van der Waals surface area (Å²) in [4.78, 5) is 0. The fraction of sp³-hybridized carbons (Fsp3) is 0.647. The lowest BCUT2D eigenvalue weighted by Gasteiger charge is -2.12. The van der Waals surface area contributed by atoms with Gasteiger partial charge in [0.25, 0.3) is 0 Å². The number of hydrogen-bond acceptors (Lipinski definition) is 2. The van der Waals surface area contributed by atoms with Crippen LogP contribution in [0.4, 0.5) is 0 Å². The van der Waals surface area contributed by atoms with Crippen LogP contribution in [0.25, 0.3) is 0 Å². The molecule has 0 aliphatic heterocycles. The average Bonchev–Trinajstić information content (AvgIpc) is 2.35. The summed E-state index contributed by atoms with van der Waals surface area (Å²) in [7, 11) is 0. The Labute approximate surface area is 118 Å². The van der Waals surface area contributed by atoms with Crippen LogP contribution in [0.3, 0.4) is 0 Å². The summed E-state index contributed by atoms with van der Waals surface area (Å²) in [5, 5.41) is 3.51. The molecule has 0 fully saturated rings. The van der Waals surface area contributed by atoms with Crippen LogP contribution in [-0.2, 0) is 11.3 Å². The molecule has 2 heteroatoms. The summed E-state index contributed by atoms with van der Waals surface area (Å²) < 4.78 is 5.55. The van der Waals surface area contributed by atoms with Gasteiger partial charge in [0.2, 0.25) is 0 Å². The van der Waals surface area contributed by atoms with Gasteiger partial charge < -0.3 is 10.1 Å². The first-order valence-corrected chi connectivity index (χ1v) is 7.50. The van der Waals surface area contributed by atoms with E-state index in [0.717, 1.165) is 32.7 Å². The largest absolute Gasteiger partial charge is 0.381 e. The first-order chi connectivity index (χ1) is 9.15. The first-order valence-electron chi connectivity index (χ1n) is 7.50. The summed E-state index contributed by atoms with van der Waals surface area (Å²) in [5.41, 5.74) is 5.58. The van der Waals surface area contributed by atoms with Crippen molar-refractivity contribution in [2.75, 3.05) is 19.8 Å². The molecule has 108 valence electrons. The van der Waals surface area contributed by atoms with Gasteiger partial charge in [-0.25, -0.2) is 0 Å². The highest BCUT2D eigenvalue weighted by atomic mass is 16.5. The molecule has 0 bridgehead atoms. The lowest BCUT2D eigenvalue weighted by molar-refractivity contribution is 0.129. The number of nitrogens with one attached hydrogen (secondary N) is 1. The smallest absolute Gasteiger partial charge is 0.0478 e. The van der Waals surface area contributed by atoms with E-state index < -0.39 is 0 Å². The standard InChI is InChI=1S/C17H29NO/c1-5-6-9-19-10-7-8-18-13-17-15(3)11-14(2)12-16(17)4/h11-12,18H,5-10,13H2,1-4H3. The van der Waals surface area contributed by atoms with Crippen molar-refractivity contribution in [2.45, 2.75) is 53.5 Å². The maximum absolute atomic E-state index is 5.55. The number of benzene rings is 1. The van der Waals surface area contributed by atoms with E-state index in [1.54, 1.807) is 0 Å². The second-order valence-corrected chi connectivity index (χ2v) is 5.37. The van der Waals surface area contributed by atoms with Crippen LogP contribution in [0.5, 0.6) is 0 Å². The van der Waals surface area contributed by atoms with Crippen LogP contribution in [-0.4, -0.2) is 19.8 Å². The Hall–Kier alpha value is -0.860. The third-order valence-electron chi connectivity index (χ3n) is 3.43. The SMILES string of the molecule is CCCCOCCCNCc1c(C)cc(C)cc1C. The Bertz CT molecular complexity index is 351. The molecule has 0 saturated heterocycles. The van der Waals surface area contributed by atoms with Gasteiger partial charge in [-0.2, -0.15) is 0 Å². The van der Waals surface area contributed by atoms with Gasteiger partial charge in [-0.15, -0.1) is 0 Å². The highest BCUT2D eigenvalue weighted by molar-refractivity contribution is 5.37. The number of hydrogen-bond donors (Lipinski definition) is 1. The summed E-state index contributed by atoms with van der Waals surface area (Å²) >= 11 is 0. The van der Waals surface area contributed by atoms with Gasteiger partial charge in [-0.05, 0) is 56.8 Å². The normalized spacial score (nSPS) is 10.9. The van der Waals surface area contributed by atoms with Crippen LogP contribution < -0.4 is 5.32 Å². The molecule has 0 atom stereocenters. The number of aryl methyl sites for hydroxylation is 3.